The maximum absolute atomic E-state index is 11.2. The average Bonchev–Trinajstić information content (AvgIpc) is 2.90. The lowest BCUT2D eigenvalue weighted by atomic mass is 9.48. The van der Waals surface area contributed by atoms with Crippen molar-refractivity contribution in [3.63, 3.8) is 0 Å². The zero-order valence-electron chi connectivity index (χ0n) is 15.9. The van der Waals surface area contributed by atoms with Crippen LogP contribution in [0.15, 0.2) is 23.8 Å². The minimum Gasteiger partial charge on any atom is -0.477 e. The van der Waals surface area contributed by atoms with E-state index in [1.807, 2.05) is 0 Å². The van der Waals surface area contributed by atoms with Gasteiger partial charge in [-0.05, 0) is 85.0 Å². The van der Waals surface area contributed by atoms with E-state index in [0.717, 1.165) is 32.1 Å². The Morgan fingerprint density at radius 2 is 1.96 bits per heavy atom. The summed E-state index contributed by atoms with van der Waals surface area (Å²) < 4.78 is 0. The molecule has 2 fully saturated rings. The lowest BCUT2D eigenvalue weighted by Gasteiger charge is -2.57. The second-order valence-corrected chi connectivity index (χ2v) is 9.78. The second kappa shape index (κ2) is 5.93. The van der Waals surface area contributed by atoms with Gasteiger partial charge in [0.05, 0.1) is 0 Å². The lowest BCUT2D eigenvalue weighted by molar-refractivity contribution is -0.212. The molecule has 0 aliphatic heterocycles. The summed E-state index contributed by atoms with van der Waals surface area (Å²) in [5.41, 5.74) is 1.84. The summed E-state index contributed by atoms with van der Waals surface area (Å²) in [4.78, 5) is 11.2. The van der Waals surface area contributed by atoms with Crippen LogP contribution in [0, 0.1) is 34.5 Å². The number of carboxylic acids is 1. The van der Waals surface area contributed by atoms with Gasteiger partial charge in [0, 0.05) is 6.42 Å². The van der Waals surface area contributed by atoms with Crippen LogP contribution in [0.4, 0.5) is 0 Å². The highest BCUT2D eigenvalue weighted by molar-refractivity contribution is 5.74. The van der Waals surface area contributed by atoms with Crippen LogP contribution < -0.4 is 0 Å². The molecule has 4 aliphatic carbocycles. The third-order valence-electron chi connectivity index (χ3n) is 8.72. The van der Waals surface area contributed by atoms with Gasteiger partial charge in [0.2, 0.25) is 0 Å². The molecule has 0 heterocycles. The first kappa shape index (κ1) is 18.2. The van der Waals surface area contributed by atoms with Gasteiger partial charge in [-0.2, -0.15) is 0 Å². The fraction of sp³-hybridized carbons (Fsp3) is 0.773. The molecule has 2 saturated carbocycles. The van der Waals surface area contributed by atoms with Gasteiger partial charge < -0.3 is 15.3 Å². The lowest BCUT2D eigenvalue weighted by Crippen LogP contribution is -2.50. The Hall–Kier alpha value is -1.13. The number of aliphatic carboxylic acids is 1. The van der Waals surface area contributed by atoms with Crippen molar-refractivity contribution in [2.45, 2.75) is 71.0 Å². The quantitative estimate of drug-likeness (QED) is 0.667. The van der Waals surface area contributed by atoms with Crippen molar-refractivity contribution in [2.24, 2.45) is 34.5 Å². The molecule has 4 heteroatoms. The van der Waals surface area contributed by atoms with Crippen molar-refractivity contribution in [3.05, 3.63) is 23.8 Å². The Morgan fingerprint density at radius 3 is 2.69 bits per heavy atom. The zero-order valence-corrected chi connectivity index (χ0v) is 15.9. The first-order valence-corrected chi connectivity index (χ1v) is 10.2. The Morgan fingerprint density at radius 1 is 1.19 bits per heavy atom. The Balaban J connectivity index is 1.60. The summed E-state index contributed by atoms with van der Waals surface area (Å²) >= 11 is 0. The fourth-order valence-corrected chi connectivity index (χ4v) is 7.17. The van der Waals surface area contributed by atoms with E-state index in [4.69, 9.17) is 5.11 Å². The van der Waals surface area contributed by atoms with E-state index in [0.29, 0.717) is 17.8 Å². The van der Waals surface area contributed by atoms with Crippen LogP contribution in [0.2, 0.25) is 0 Å². The second-order valence-electron chi connectivity index (χ2n) is 9.78. The van der Waals surface area contributed by atoms with Crippen LogP contribution in [-0.2, 0) is 4.79 Å². The summed E-state index contributed by atoms with van der Waals surface area (Å²) in [6.07, 6.45) is 14.8. The van der Waals surface area contributed by atoms with Gasteiger partial charge in [-0.3, -0.25) is 0 Å². The van der Waals surface area contributed by atoms with Crippen molar-refractivity contribution < 1.29 is 20.1 Å². The zero-order chi connectivity index (χ0) is 18.7. The maximum atomic E-state index is 11.2. The topological polar surface area (TPSA) is 77.8 Å². The van der Waals surface area contributed by atoms with Crippen LogP contribution >= 0.6 is 0 Å². The molecule has 6 atom stereocenters. The molecule has 3 N–H and O–H groups in total. The monoisotopic (exact) mass is 360 g/mol. The van der Waals surface area contributed by atoms with Gasteiger partial charge in [0.15, 0.2) is 0 Å². The summed E-state index contributed by atoms with van der Waals surface area (Å²) in [5.74, 6) is -2.13. The van der Waals surface area contributed by atoms with E-state index in [1.54, 1.807) is 0 Å². The van der Waals surface area contributed by atoms with Crippen LogP contribution in [0.3, 0.4) is 0 Å². The van der Waals surface area contributed by atoms with Gasteiger partial charge in [-0.25, -0.2) is 4.79 Å². The van der Waals surface area contributed by atoms with Crippen LogP contribution in [0.5, 0.6) is 0 Å². The molecule has 4 rings (SSSR count). The number of carboxylic acid groups (broad SMARTS) is 1. The molecule has 4 nitrogen and oxygen atoms in total. The Labute approximate surface area is 156 Å². The highest BCUT2D eigenvalue weighted by Gasteiger charge is 2.59. The van der Waals surface area contributed by atoms with E-state index < -0.39 is 11.8 Å². The predicted octanol–water partition coefficient (Wildman–Crippen LogP) is 3.89. The molecule has 0 bridgehead atoms. The number of rotatable bonds is 3. The third-order valence-corrected chi connectivity index (χ3v) is 8.72. The largest absolute Gasteiger partial charge is 0.477 e. The summed E-state index contributed by atoms with van der Waals surface area (Å²) in [6, 6.07) is 0. The molecule has 0 unspecified atom stereocenters. The minimum atomic E-state index is -2.60. The molecule has 144 valence electrons. The summed E-state index contributed by atoms with van der Waals surface area (Å²) in [5, 5.41) is 29.0. The van der Waals surface area contributed by atoms with Crippen molar-refractivity contribution in [1.82, 2.24) is 0 Å². The van der Waals surface area contributed by atoms with Gasteiger partial charge >= 0.3 is 5.97 Å². The molecular weight excluding hydrogens is 328 g/mol. The molecule has 4 aliphatic rings. The first-order chi connectivity index (χ1) is 12.2. The van der Waals surface area contributed by atoms with Crippen molar-refractivity contribution in [3.8, 4) is 0 Å². The number of hydrogen-bond donors (Lipinski definition) is 3. The Kier molecular flexibility index (Phi) is 4.16. The van der Waals surface area contributed by atoms with Gasteiger partial charge in [-0.15, -0.1) is 0 Å². The van der Waals surface area contributed by atoms with E-state index >= 15 is 0 Å². The number of carbonyl (C=O) groups is 1. The fourth-order valence-electron chi connectivity index (χ4n) is 7.17. The van der Waals surface area contributed by atoms with Crippen LogP contribution in [0.1, 0.15) is 65.2 Å². The predicted molar refractivity (Wildman–Crippen MR) is 99.1 cm³/mol. The maximum Gasteiger partial charge on any atom is 0.364 e. The smallest absolute Gasteiger partial charge is 0.364 e. The highest BCUT2D eigenvalue weighted by atomic mass is 16.5. The van der Waals surface area contributed by atoms with Gasteiger partial charge in [-0.1, -0.05) is 32.1 Å². The van der Waals surface area contributed by atoms with Crippen molar-refractivity contribution >= 4 is 5.97 Å². The molecule has 0 aromatic carbocycles. The molecule has 0 aromatic heterocycles. The SMILES string of the molecule is C[C@]12CC[C@H]3[C@@H](CC=C4C=CCC[C@@]43C)[C@@H]1CC[C@@H]2CC(O)(O)C(=O)O. The number of allylic oxidation sites excluding steroid dienone is 4. The summed E-state index contributed by atoms with van der Waals surface area (Å²) in [6.45, 7) is 4.73. The molecule has 26 heavy (non-hydrogen) atoms. The van der Waals surface area contributed by atoms with E-state index in [9.17, 15) is 15.0 Å². The standard InChI is InChI=1S/C22H32O4/c1-20-11-4-3-5-14(20)6-8-16-17-9-7-15(13-22(25,26)19(23)24)21(17,2)12-10-18(16)20/h3,5-6,15-18,25-26H,4,7-13H2,1-2H3,(H,23,24)/t15-,16+,17+,18+,20+,21-/m1/s1. The highest BCUT2D eigenvalue weighted by Crippen LogP contribution is 2.66. The Bertz CT molecular complexity index is 663. The third kappa shape index (κ3) is 2.52. The number of aliphatic hydroxyl groups is 2. The molecule has 0 aromatic rings. The molecule has 0 radical (unpaired) electrons. The van der Waals surface area contributed by atoms with E-state index in [1.165, 1.54) is 18.4 Å². The van der Waals surface area contributed by atoms with Crippen molar-refractivity contribution in [1.29, 1.82) is 0 Å². The molecule has 0 amide bonds. The average molecular weight is 360 g/mol. The molecule has 0 saturated heterocycles. The summed E-state index contributed by atoms with van der Waals surface area (Å²) in [7, 11) is 0. The minimum absolute atomic E-state index is 0.0273. The van der Waals surface area contributed by atoms with Crippen LogP contribution in [0.25, 0.3) is 0 Å². The number of hydrogen-bond acceptors (Lipinski definition) is 3. The van der Waals surface area contributed by atoms with Gasteiger partial charge in [0.1, 0.15) is 0 Å². The van der Waals surface area contributed by atoms with Crippen LogP contribution in [-0.4, -0.2) is 27.1 Å². The first-order valence-electron chi connectivity index (χ1n) is 10.2. The molecular formula is C22H32O4. The van der Waals surface area contributed by atoms with Gasteiger partial charge in [0.25, 0.3) is 5.79 Å². The normalized spacial score (nSPS) is 44.7. The van der Waals surface area contributed by atoms with E-state index in [2.05, 4.69) is 32.1 Å². The number of fused-ring (bicyclic) bond motifs is 5. The van der Waals surface area contributed by atoms with Crippen molar-refractivity contribution in [2.75, 3.05) is 0 Å². The van der Waals surface area contributed by atoms with E-state index in [-0.39, 0.29) is 23.2 Å². The molecule has 0 spiro atoms.